The molecule has 0 N–H and O–H groups in total. The van der Waals surface area contributed by atoms with Crippen LogP contribution < -0.4 is 4.90 Å². The smallest absolute Gasteiger partial charge is 0.229 e. The lowest BCUT2D eigenvalue weighted by Crippen LogP contribution is -2.55. The predicted molar refractivity (Wildman–Crippen MR) is 101 cm³/mol. The van der Waals surface area contributed by atoms with E-state index in [0.717, 1.165) is 28.3 Å². The van der Waals surface area contributed by atoms with Crippen LogP contribution in [0, 0.1) is 11.7 Å². The maximum Gasteiger partial charge on any atom is 0.229 e. The van der Waals surface area contributed by atoms with Crippen molar-refractivity contribution in [3.8, 4) is 0 Å². The molecule has 0 saturated carbocycles. The third-order valence-corrected chi connectivity index (χ3v) is 6.36. The fourth-order valence-corrected chi connectivity index (χ4v) is 4.76. The quantitative estimate of drug-likeness (QED) is 0.696. The minimum Gasteiger partial charge on any atom is -0.346 e. The molecule has 5 rings (SSSR count). The van der Waals surface area contributed by atoms with Crippen LogP contribution >= 0.6 is 11.3 Å². The van der Waals surface area contributed by atoms with Gasteiger partial charge in [0.1, 0.15) is 5.82 Å². The van der Waals surface area contributed by atoms with E-state index in [1.807, 2.05) is 11.0 Å². The number of benzene rings is 2. The van der Waals surface area contributed by atoms with E-state index in [1.165, 1.54) is 34.6 Å². The van der Waals surface area contributed by atoms with Gasteiger partial charge in [-0.15, -0.1) is 0 Å². The molecule has 1 fully saturated rings. The number of carbonyl (C=O) groups is 1. The predicted octanol–water partition coefficient (Wildman–Crippen LogP) is 3.46. The Labute approximate surface area is 154 Å². The van der Waals surface area contributed by atoms with Gasteiger partial charge in [0.25, 0.3) is 0 Å². The fraction of sp³-hybridized carbons (Fsp3) is 0.300. The van der Waals surface area contributed by atoms with Gasteiger partial charge in [-0.3, -0.25) is 4.79 Å². The van der Waals surface area contributed by atoms with E-state index in [9.17, 15) is 9.18 Å². The summed E-state index contributed by atoms with van der Waals surface area (Å²) in [7, 11) is 0. The van der Waals surface area contributed by atoms with Crippen LogP contribution in [0.3, 0.4) is 0 Å². The van der Waals surface area contributed by atoms with Gasteiger partial charge >= 0.3 is 0 Å². The second-order valence-electron chi connectivity index (χ2n) is 6.99. The van der Waals surface area contributed by atoms with Gasteiger partial charge in [0.15, 0.2) is 5.13 Å². The second kappa shape index (κ2) is 6.06. The van der Waals surface area contributed by atoms with Crippen molar-refractivity contribution in [2.24, 2.45) is 5.92 Å². The molecule has 1 aromatic heterocycles. The molecule has 2 aromatic carbocycles. The molecule has 0 atom stereocenters. The Morgan fingerprint density at radius 1 is 1.15 bits per heavy atom. The molecule has 4 nitrogen and oxygen atoms in total. The first-order valence-electron chi connectivity index (χ1n) is 8.84. The molecular weight excluding hydrogens is 349 g/mol. The molecule has 1 saturated heterocycles. The summed E-state index contributed by atoms with van der Waals surface area (Å²) in [6, 6.07) is 13.0. The van der Waals surface area contributed by atoms with Gasteiger partial charge in [-0.2, -0.15) is 0 Å². The number of fused-ring (bicyclic) bond motifs is 2. The van der Waals surface area contributed by atoms with Gasteiger partial charge in [-0.05, 0) is 35.7 Å². The number of carbonyl (C=O) groups excluding carboxylic acids is 1. The standard InChI is InChI=1S/C20H18FN3OS/c21-16-5-6-17-18(9-16)26-20(22-17)24-11-15(12-24)19(25)23-8-7-13-3-1-2-4-14(13)10-23/h1-6,9,15H,7-8,10-12H2. The Balaban J connectivity index is 1.25. The second-order valence-corrected chi connectivity index (χ2v) is 8.00. The highest BCUT2D eigenvalue weighted by molar-refractivity contribution is 7.22. The molecule has 0 bridgehead atoms. The number of anilines is 1. The summed E-state index contributed by atoms with van der Waals surface area (Å²) in [5.74, 6) is 0.0293. The van der Waals surface area contributed by atoms with E-state index in [1.54, 1.807) is 6.07 Å². The largest absolute Gasteiger partial charge is 0.346 e. The van der Waals surface area contributed by atoms with Crippen molar-refractivity contribution in [1.82, 2.24) is 9.88 Å². The molecule has 0 spiro atoms. The summed E-state index contributed by atoms with van der Waals surface area (Å²) in [4.78, 5) is 21.5. The van der Waals surface area contributed by atoms with Gasteiger partial charge in [-0.1, -0.05) is 35.6 Å². The van der Waals surface area contributed by atoms with E-state index in [2.05, 4.69) is 28.1 Å². The van der Waals surface area contributed by atoms with Gasteiger partial charge in [-0.25, -0.2) is 9.37 Å². The normalized spacial score (nSPS) is 17.3. The van der Waals surface area contributed by atoms with E-state index in [-0.39, 0.29) is 17.6 Å². The number of amides is 1. The Hall–Kier alpha value is -2.47. The average molecular weight is 367 g/mol. The zero-order chi connectivity index (χ0) is 17.7. The third kappa shape index (κ3) is 2.65. The first-order valence-corrected chi connectivity index (χ1v) is 9.65. The monoisotopic (exact) mass is 367 g/mol. The highest BCUT2D eigenvalue weighted by atomic mass is 32.1. The zero-order valence-electron chi connectivity index (χ0n) is 14.2. The van der Waals surface area contributed by atoms with Crippen LogP contribution in [0.2, 0.25) is 0 Å². The van der Waals surface area contributed by atoms with E-state index in [0.29, 0.717) is 19.6 Å². The van der Waals surface area contributed by atoms with Crippen molar-refractivity contribution in [3.05, 3.63) is 59.4 Å². The minimum atomic E-state index is -0.241. The molecule has 3 heterocycles. The van der Waals surface area contributed by atoms with Crippen molar-refractivity contribution in [1.29, 1.82) is 0 Å². The number of rotatable bonds is 2. The van der Waals surface area contributed by atoms with E-state index < -0.39 is 0 Å². The van der Waals surface area contributed by atoms with Gasteiger partial charge in [0.05, 0.1) is 16.1 Å². The van der Waals surface area contributed by atoms with E-state index in [4.69, 9.17) is 0 Å². The Morgan fingerprint density at radius 2 is 1.96 bits per heavy atom. The molecule has 26 heavy (non-hydrogen) atoms. The first kappa shape index (κ1) is 15.8. The van der Waals surface area contributed by atoms with Crippen LogP contribution in [-0.2, 0) is 17.8 Å². The van der Waals surface area contributed by atoms with Gasteiger partial charge in [0.2, 0.25) is 5.91 Å². The summed E-state index contributed by atoms with van der Waals surface area (Å²) in [6.45, 7) is 2.90. The molecule has 2 aliphatic heterocycles. The topological polar surface area (TPSA) is 36.4 Å². The Bertz CT molecular complexity index is 996. The molecule has 2 aliphatic rings. The van der Waals surface area contributed by atoms with Crippen molar-refractivity contribution in [3.63, 3.8) is 0 Å². The molecule has 1 amide bonds. The lowest BCUT2D eigenvalue weighted by molar-refractivity contribution is -0.137. The highest BCUT2D eigenvalue weighted by Crippen LogP contribution is 2.34. The summed E-state index contributed by atoms with van der Waals surface area (Å²) >= 11 is 1.49. The van der Waals surface area contributed by atoms with Crippen LogP contribution in [-0.4, -0.2) is 35.4 Å². The lowest BCUT2D eigenvalue weighted by Gasteiger charge is -2.41. The lowest BCUT2D eigenvalue weighted by atomic mass is 9.95. The van der Waals surface area contributed by atoms with Gasteiger partial charge in [0, 0.05) is 26.2 Å². The summed E-state index contributed by atoms with van der Waals surface area (Å²) in [6.07, 6.45) is 0.932. The molecule has 0 unspecified atom stereocenters. The fourth-order valence-electron chi connectivity index (χ4n) is 3.75. The number of hydrogen-bond donors (Lipinski definition) is 0. The number of nitrogens with zero attached hydrogens (tertiary/aromatic N) is 3. The number of halogens is 1. The molecule has 3 aromatic rings. The van der Waals surface area contributed by atoms with Crippen molar-refractivity contribution >= 4 is 32.6 Å². The summed E-state index contributed by atoms with van der Waals surface area (Å²) in [5.41, 5.74) is 3.43. The molecule has 0 aliphatic carbocycles. The number of hydrogen-bond acceptors (Lipinski definition) is 4. The molecular formula is C20H18FN3OS. The SMILES string of the molecule is O=C(C1CN(c2nc3ccc(F)cc3s2)C1)N1CCc2ccccc2C1. The highest BCUT2D eigenvalue weighted by Gasteiger charge is 2.37. The summed E-state index contributed by atoms with van der Waals surface area (Å²) < 4.78 is 14.2. The Morgan fingerprint density at radius 3 is 2.81 bits per heavy atom. The average Bonchev–Trinajstić information content (AvgIpc) is 3.02. The van der Waals surface area contributed by atoms with Crippen molar-refractivity contribution in [2.45, 2.75) is 13.0 Å². The maximum absolute atomic E-state index is 13.3. The number of aromatic nitrogens is 1. The van der Waals surface area contributed by atoms with Gasteiger partial charge < -0.3 is 9.80 Å². The van der Waals surface area contributed by atoms with Crippen LogP contribution in [0.25, 0.3) is 10.2 Å². The first-order chi connectivity index (χ1) is 12.7. The van der Waals surface area contributed by atoms with Crippen LogP contribution in [0.4, 0.5) is 9.52 Å². The minimum absolute atomic E-state index is 0.0315. The van der Waals surface area contributed by atoms with Crippen LogP contribution in [0.1, 0.15) is 11.1 Å². The molecule has 0 radical (unpaired) electrons. The van der Waals surface area contributed by atoms with Crippen LogP contribution in [0.15, 0.2) is 42.5 Å². The molecule has 6 heteroatoms. The van der Waals surface area contributed by atoms with Crippen molar-refractivity contribution in [2.75, 3.05) is 24.5 Å². The van der Waals surface area contributed by atoms with Crippen LogP contribution in [0.5, 0.6) is 0 Å². The van der Waals surface area contributed by atoms with Crippen molar-refractivity contribution < 1.29 is 9.18 Å². The summed E-state index contributed by atoms with van der Waals surface area (Å²) in [5, 5.41) is 0.874. The number of thiazole rings is 1. The van der Waals surface area contributed by atoms with E-state index >= 15 is 0 Å². The Kier molecular flexibility index (Phi) is 3.67. The maximum atomic E-state index is 13.3. The third-order valence-electron chi connectivity index (χ3n) is 5.28. The molecule has 132 valence electrons. The zero-order valence-corrected chi connectivity index (χ0v) is 15.0.